The molecule has 2 rings (SSSR count). The molecule has 3 atom stereocenters. The van der Waals surface area contributed by atoms with Crippen molar-refractivity contribution in [1.82, 2.24) is 0 Å². The van der Waals surface area contributed by atoms with E-state index in [1.54, 1.807) is 0 Å². The van der Waals surface area contributed by atoms with E-state index in [1.165, 1.54) is 5.56 Å². The fourth-order valence-electron chi connectivity index (χ4n) is 3.23. The number of benzene rings is 1. The Kier molecular flexibility index (Phi) is 3.95. The number of hydrogen-bond acceptors (Lipinski definition) is 2. The third-order valence-electron chi connectivity index (χ3n) is 4.11. The molecule has 1 saturated carbocycles. The number of carbonyl (C=O) groups excluding carboxylic acids is 2. The lowest BCUT2D eigenvalue weighted by atomic mass is 9.77. The van der Waals surface area contributed by atoms with Crippen LogP contribution < -0.4 is 0 Å². The molecule has 0 N–H and O–H groups in total. The molecule has 18 heavy (non-hydrogen) atoms. The summed E-state index contributed by atoms with van der Waals surface area (Å²) in [6.07, 6.45) is 1.83. The summed E-state index contributed by atoms with van der Waals surface area (Å²) >= 11 is 0. The van der Waals surface area contributed by atoms with Gasteiger partial charge >= 0.3 is 0 Å². The third-order valence-corrected chi connectivity index (χ3v) is 4.11. The highest BCUT2D eigenvalue weighted by atomic mass is 16.2. The predicted octanol–water partition coefficient (Wildman–Crippen LogP) is 3.36. The fraction of sp³-hybridized carbons (Fsp3) is 0.500. The zero-order chi connectivity index (χ0) is 13.1. The average molecular weight is 244 g/mol. The predicted molar refractivity (Wildman–Crippen MR) is 71.4 cm³/mol. The summed E-state index contributed by atoms with van der Waals surface area (Å²) in [5.74, 6) is 0.303. The smallest absolute Gasteiger partial charge is 0.144 e. The lowest BCUT2D eigenvalue weighted by Crippen LogP contribution is -2.24. The van der Waals surface area contributed by atoms with Crippen LogP contribution in [0.4, 0.5) is 0 Å². The summed E-state index contributed by atoms with van der Waals surface area (Å²) in [4.78, 5) is 24.0. The molecule has 1 aromatic rings. The van der Waals surface area contributed by atoms with E-state index in [0.717, 1.165) is 12.8 Å². The van der Waals surface area contributed by atoms with Gasteiger partial charge in [0.25, 0.3) is 0 Å². The van der Waals surface area contributed by atoms with Crippen molar-refractivity contribution in [3.8, 4) is 0 Å². The topological polar surface area (TPSA) is 34.1 Å². The molecular weight excluding hydrogens is 224 g/mol. The maximum absolute atomic E-state index is 12.1. The molecule has 0 amide bonds. The monoisotopic (exact) mass is 244 g/mol. The molecule has 0 spiro atoms. The first-order valence-corrected chi connectivity index (χ1v) is 6.79. The second-order valence-electron chi connectivity index (χ2n) is 5.08. The standard InChI is InChI=1S/C16H20O2/c1-3-12(11-8-6-5-7-9-11)16-13(4-2)14(17)10-15(16)18/h5-9,12-13,16H,3-4,10H2,1-2H3. The number of carbonyl (C=O) groups is 2. The summed E-state index contributed by atoms with van der Waals surface area (Å²) in [7, 11) is 0. The van der Waals surface area contributed by atoms with Crippen molar-refractivity contribution in [2.75, 3.05) is 0 Å². The number of Topliss-reactive ketones (excluding diaryl/α,β-unsaturated/α-hetero) is 2. The van der Waals surface area contributed by atoms with E-state index in [9.17, 15) is 9.59 Å². The first kappa shape index (κ1) is 13.0. The van der Waals surface area contributed by atoms with Crippen LogP contribution in [0.2, 0.25) is 0 Å². The maximum Gasteiger partial charge on any atom is 0.144 e. The van der Waals surface area contributed by atoms with Gasteiger partial charge in [-0.25, -0.2) is 0 Å². The van der Waals surface area contributed by atoms with Gasteiger partial charge in [-0.05, 0) is 24.3 Å². The van der Waals surface area contributed by atoms with Gasteiger partial charge in [0.15, 0.2) is 0 Å². The summed E-state index contributed by atoms with van der Waals surface area (Å²) in [6.45, 7) is 4.10. The van der Waals surface area contributed by atoms with Gasteiger partial charge in [0, 0.05) is 11.8 Å². The molecule has 2 nitrogen and oxygen atoms in total. The summed E-state index contributed by atoms with van der Waals surface area (Å²) < 4.78 is 0. The van der Waals surface area contributed by atoms with E-state index in [1.807, 2.05) is 25.1 Å². The van der Waals surface area contributed by atoms with Gasteiger partial charge < -0.3 is 0 Å². The van der Waals surface area contributed by atoms with Gasteiger partial charge in [0.2, 0.25) is 0 Å². The second kappa shape index (κ2) is 5.47. The van der Waals surface area contributed by atoms with E-state index < -0.39 is 0 Å². The molecule has 0 aliphatic heterocycles. The van der Waals surface area contributed by atoms with Crippen molar-refractivity contribution in [1.29, 1.82) is 0 Å². The van der Waals surface area contributed by atoms with E-state index >= 15 is 0 Å². The number of rotatable bonds is 4. The lowest BCUT2D eigenvalue weighted by molar-refractivity contribution is -0.123. The highest BCUT2D eigenvalue weighted by Gasteiger charge is 2.44. The molecule has 0 radical (unpaired) electrons. The van der Waals surface area contributed by atoms with Crippen LogP contribution in [0.25, 0.3) is 0 Å². The minimum absolute atomic E-state index is 0.0670. The molecule has 96 valence electrons. The Hall–Kier alpha value is -1.44. The lowest BCUT2D eigenvalue weighted by Gasteiger charge is -2.25. The molecule has 1 aliphatic carbocycles. The van der Waals surface area contributed by atoms with Crippen molar-refractivity contribution in [3.05, 3.63) is 35.9 Å². The molecule has 3 unspecified atom stereocenters. The van der Waals surface area contributed by atoms with Crippen molar-refractivity contribution in [3.63, 3.8) is 0 Å². The number of hydrogen-bond donors (Lipinski definition) is 0. The Labute approximate surface area is 108 Å². The summed E-state index contributed by atoms with van der Waals surface area (Å²) in [5.41, 5.74) is 1.19. The SMILES string of the molecule is CCC1C(=O)CC(=O)C1C(CC)c1ccccc1. The van der Waals surface area contributed by atoms with Crippen molar-refractivity contribution in [2.45, 2.75) is 39.0 Å². The molecule has 1 aliphatic rings. The Morgan fingerprint density at radius 3 is 2.33 bits per heavy atom. The Balaban J connectivity index is 2.32. The van der Waals surface area contributed by atoms with Crippen LogP contribution in [-0.4, -0.2) is 11.6 Å². The van der Waals surface area contributed by atoms with Gasteiger partial charge in [-0.15, -0.1) is 0 Å². The second-order valence-corrected chi connectivity index (χ2v) is 5.08. The first-order chi connectivity index (χ1) is 8.69. The van der Waals surface area contributed by atoms with Gasteiger partial charge in [-0.1, -0.05) is 44.2 Å². The molecule has 0 bridgehead atoms. The fourth-order valence-corrected chi connectivity index (χ4v) is 3.23. The van der Waals surface area contributed by atoms with Crippen LogP contribution in [0.3, 0.4) is 0 Å². The van der Waals surface area contributed by atoms with Crippen LogP contribution in [0.15, 0.2) is 30.3 Å². The molecule has 0 saturated heterocycles. The quantitative estimate of drug-likeness (QED) is 0.761. The Morgan fingerprint density at radius 1 is 1.11 bits per heavy atom. The molecule has 0 heterocycles. The van der Waals surface area contributed by atoms with Gasteiger partial charge in [-0.3, -0.25) is 9.59 Å². The van der Waals surface area contributed by atoms with Crippen LogP contribution in [0, 0.1) is 11.8 Å². The molecule has 1 aromatic carbocycles. The zero-order valence-corrected chi connectivity index (χ0v) is 11.1. The van der Waals surface area contributed by atoms with Gasteiger partial charge in [-0.2, -0.15) is 0 Å². The highest BCUT2D eigenvalue weighted by molar-refractivity contribution is 6.08. The van der Waals surface area contributed by atoms with Crippen molar-refractivity contribution < 1.29 is 9.59 Å². The minimum Gasteiger partial charge on any atom is -0.299 e. The first-order valence-electron chi connectivity index (χ1n) is 6.79. The summed E-state index contributed by atoms with van der Waals surface area (Å²) in [5, 5.41) is 0. The van der Waals surface area contributed by atoms with E-state index in [2.05, 4.69) is 19.1 Å². The Bertz CT molecular complexity index is 436. The number of ketones is 2. The van der Waals surface area contributed by atoms with Crippen LogP contribution in [-0.2, 0) is 9.59 Å². The Morgan fingerprint density at radius 2 is 1.78 bits per heavy atom. The molecule has 1 fully saturated rings. The maximum atomic E-state index is 12.1. The van der Waals surface area contributed by atoms with Crippen LogP contribution in [0.1, 0.15) is 44.6 Å². The average Bonchev–Trinajstić information content (AvgIpc) is 2.66. The van der Waals surface area contributed by atoms with Crippen molar-refractivity contribution >= 4 is 11.6 Å². The molecular formula is C16H20O2. The normalized spacial score (nSPS) is 25.4. The van der Waals surface area contributed by atoms with Gasteiger partial charge in [0.1, 0.15) is 11.6 Å². The summed E-state index contributed by atoms with van der Waals surface area (Å²) in [6, 6.07) is 10.1. The van der Waals surface area contributed by atoms with E-state index in [4.69, 9.17) is 0 Å². The highest BCUT2D eigenvalue weighted by Crippen LogP contribution is 2.40. The minimum atomic E-state index is -0.102. The molecule has 2 heteroatoms. The van der Waals surface area contributed by atoms with E-state index in [-0.39, 0.29) is 35.7 Å². The zero-order valence-electron chi connectivity index (χ0n) is 11.1. The third kappa shape index (κ3) is 2.24. The largest absolute Gasteiger partial charge is 0.299 e. The molecule has 0 aromatic heterocycles. The van der Waals surface area contributed by atoms with Crippen molar-refractivity contribution in [2.24, 2.45) is 11.8 Å². The van der Waals surface area contributed by atoms with Crippen LogP contribution >= 0.6 is 0 Å². The van der Waals surface area contributed by atoms with Gasteiger partial charge in [0.05, 0.1) is 6.42 Å². The van der Waals surface area contributed by atoms with E-state index in [0.29, 0.717) is 0 Å². The van der Waals surface area contributed by atoms with Crippen LogP contribution in [0.5, 0.6) is 0 Å².